The smallest absolute Gasteiger partial charge is 0.327 e. The molecule has 0 aromatic heterocycles. The van der Waals surface area contributed by atoms with Gasteiger partial charge in [0, 0.05) is 19.3 Å². The molecule has 1 aromatic carbocycles. The van der Waals surface area contributed by atoms with Crippen LogP contribution in [0.2, 0.25) is 0 Å². The lowest BCUT2D eigenvalue weighted by molar-refractivity contribution is -0.138. The summed E-state index contributed by atoms with van der Waals surface area (Å²) in [6.07, 6.45) is 0. The minimum absolute atomic E-state index is 0.0979. The van der Waals surface area contributed by atoms with Gasteiger partial charge >= 0.3 is 5.97 Å². The van der Waals surface area contributed by atoms with Gasteiger partial charge in [0.25, 0.3) is 0 Å². The molecule has 1 aromatic rings. The van der Waals surface area contributed by atoms with E-state index in [4.69, 9.17) is 10.8 Å². The average molecular weight is 194 g/mol. The fraction of sp³-hybridized carbons (Fsp3) is 0.300. The van der Waals surface area contributed by atoms with Gasteiger partial charge in [-0.15, -0.1) is 0 Å². The predicted octanol–water partition coefficient (Wildman–Crippen LogP) is 0.535. The summed E-state index contributed by atoms with van der Waals surface area (Å²) in [5.74, 6) is -0.904. The Hall–Kier alpha value is -1.55. The van der Waals surface area contributed by atoms with Crippen molar-refractivity contribution in [3.05, 3.63) is 30.3 Å². The summed E-state index contributed by atoms with van der Waals surface area (Å²) in [5.41, 5.74) is 6.24. The number of rotatable bonds is 4. The maximum Gasteiger partial charge on any atom is 0.327 e. The van der Waals surface area contributed by atoms with E-state index >= 15 is 0 Å². The molecule has 4 nitrogen and oxygen atoms in total. The first-order chi connectivity index (χ1) is 6.66. The van der Waals surface area contributed by atoms with E-state index in [1.54, 1.807) is 11.9 Å². The summed E-state index contributed by atoms with van der Waals surface area (Å²) in [6.45, 7) is 0.0979. The van der Waals surface area contributed by atoms with E-state index in [2.05, 4.69) is 0 Å². The standard InChI is InChI=1S/C10H14N2O2/c1-12(9(7-11)10(13)14)8-5-3-2-4-6-8/h2-6,9H,7,11H2,1H3,(H,13,14). The van der Waals surface area contributed by atoms with Crippen LogP contribution in [0.25, 0.3) is 0 Å². The van der Waals surface area contributed by atoms with Crippen molar-refractivity contribution in [3.63, 3.8) is 0 Å². The Bertz CT molecular complexity index is 300. The van der Waals surface area contributed by atoms with Crippen molar-refractivity contribution in [2.24, 2.45) is 5.73 Å². The number of nitrogens with zero attached hydrogens (tertiary/aromatic N) is 1. The molecule has 0 heterocycles. The highest BCUT2D eigenvalue weighted by molar-refractivity contribution is 5.78. The van der Waals surface area contributed by atoms with Gasteiger partial charge in [0.2, 0.25) is 0 Å². The Balaban J connectivity index is 2.83. The second-order valence-corrected chi connectivity index (χ2v) is 3.04. The second-order valence-electron chi connectivity index (χ2n) is 3.04. The van der Waals surface area contributed by atoms with E-state index in [9.17, 15) is 4.79 Å². The molecule has 76 valence electrons. The maximum atomic E-state index is 10.8. The Morgan fingerprint density at radius 2 is 2.07 bits per heavy atom. The normalized spacial score (nSPS) is 12.1. The van der Waals surface area contributed by atoms with Crippen LogP contribution in [-0.4, -0.2) is 30.7 Å². The lowest BCUT2D eigenvalue weighted by atomic mass is 10.2. The van der Waals surface area contributed by atoms with Crippen LogP contribution in [0.1, 0.15) is 0 Å². The number of carboxylic acids is 1. The second kappa shape index (κ2) is 4.62. The average Bonchev–Trinajstić information content (AvgIpc) is 2.19. The molecule has 14 heavy (non-hydrogen) atoms. The zero-order valence-corrected chi connectivity index (χ0v) is 8.05. The molecule has 0 bridgehead atoms. The molecular weight excluding hydrogens is 180 g/mol. The fourth-order valence-corrected chi connectivity index (χ4v) is 1.27. The van der Waals surface area contributed by atoms with Gasteiger partial charge in [0.05, 0.1) is 0 Å². The molecule has 0 spiro atoms. The minimum Gasteiger partial charge on any atom is -0.480 e. The van der Waals surface area contributed by atoms with Crippen LogP contribution in [0.4, 0.5) is 5.69 Å². The van der Waals surface area contributed by atoms with E-state index in [0.717, 1.165) is 5.69 Å². The first kappa shape index (κ1) is 10.5. The summed E-state index contributed by atoms with van der Waals surface area (Å²) >= 11 is 0. The molecule has 0 saturated heterocycles. The summed E-state index contributed by atoms with van der Waals surface area (Å²) in [5, 5.41) is 8.88. The van der Waals surface area contributed by atoms with Crippen LogP contribution in [0.15, 0.2) is 30.3 Å². The Kier molecular flexibility index (Phi) is 3.48. The van der Waals surface area contributed by atoms with E-state index in [1.807, 2.05) is 30.3 Å². The zero-order valence-electron chi connectivity index (χ0n) is 8.05. The first-order valence-corrected chi connectivity index (χ1v) is 4.37. The molecule has 1 rings (SSSR count). The van der Waals surface area contributed by atoms with Gasteiger partial charge < -0.3 is 15.7 Å². The van der Waals surface area contributed by atoms with Crippen molar-refractivity contribution >= 4 is 11.7 Å². The zero-order chi connectivity index (χ0) is 10.6. The molecule has 0 aliphatic heterocycles. The molecule has 0 aliphatic rings. The third-order valence-electron chi connectivity index (χ3n) is 2.14. The van der Waals surface area contributed by atoms with Crippen LogP contribution < -0.4 is 10.6 Å². The summed E-state index contributed by atoms with van der Waals surface area (Å²) in [6, 6.07) is 8.65. The van der Waals surface area contributed by atoms with Gasteiger partial charge in [-0.05, 0) is 12.1 Å². The minimum atomic E-state index is -0.904. The van der Waals surface area contributed by atoms with Gasteiger partial charge in [0.15, 0.2) is 0 Å². The van der Waals surface area contributed by atoms with Crippen molar-refractivity contribution in [1.29, 1.82) is 0 Å². The summed E-state index contributed by atoms with van der Waals surface area (Å²) < 4.78 is 0. The van der Waals surface area contributed by atoms with E-state index in [1.165, 1.54) is 0 Å². The molecule has 0 aliphatic carbocycles. The number of hydrogen-bond acceptors (Lipinski definition) is 3. The number of carboxylic acid groups (broad SMARTS) is 1. The number of anilines is 1. The van der Waals surface area contributed by atoms with Crippen LogP contribution in [0.3, 0.4) is 0 Å². The van der Waals surface area contributed by atoms with Gasteiger partial charge in [0.1, 0.15) is 6.04 Å². The summed E-state index contributed by atoms with van der Waals surface area (Å²) in [7, 11) is 1.72. The van der Waals surface area contributed by atoms with Crippen molar-refractivity contribution < 1.29 is 9.90 Å². The Morgan fingerprint density at radius 3 is 2.50 bits per heavy atom. The number of aliphatic carboxylic acids is 1. The van der Waals surface area contributed by atoms with E-state index in [0.29, 0.717) is 0 Å². The lowest BCUT2D eigenvalue weighted by Gasteiger charge is -2.25. The lowest BCUT2D eigenvalue weighted by Crippen LogP contribution is -2.44. The van der Waals surface area contributed by atoms with Crippen LogP contribution in [-0.2, 0) is 4.79 Å². The SMILES string of the molecule is CN(c1ccccc1)C(CN)C(=O)O. The molecule has 0 amide bonds. The molecule has 0 fully saturated rings. The highest BCUT2D eigenvalue weighted by atomic mass is 16.4. The number of benzene rings is 1. The number of likely N-dealkylation sites (N-methyl/N-ethyl adjacent to an activating group) is 1. The maximum absolute atomic E-state index is 10.8. The van der Waals surface area contributed by atoms with Crippen LogP contribution in [0.5, 0.6) is 0 Å². The fourth-order valence-electron chi connectivity index (χ4n) is 1.27. The highest BCUT2D eigenvalue weighted by Crippen LogP contribution is 2.13. The number of carbonyl (C=O) groups is 1. The van der Waals surface area contributed by atoms with Crippen LogP contribution >= 0.6 is 0 Å². The Morgan fingerprint density at radius 1 is 1.50 bits per heavy atom. The van der Waals surface area contributed by atoms with Crippen molar-refractivity contribution in [2.45, 2.75) is 6.04 Å². The van der Waals surface area contributed by atoms with Crippen molar-refractivity contribution in [2.75, 3.05) is 18.5 Å². The largest absolute Gasteiger partial charge is 0.480 e. The molecule has 3 N–H and O–H groups in total. The van der Waals surface area contributed by atoms with Crippen molar-refractivity contribution in [3.8, 4) is 0 Å². The molecule has 0 radical (unpaired) electrons. The molecule has 1 atom stereocenters. The van der Waals surface area contributed by atoms with Crippen LogP contribution in [0, 0.1) is 0 Å². The molecule has 0 saturated carbocycles. The van der Waals surface area contributed by atoms with Gasteiger partial charge in [-0.25, -0.2) is 4.79 Å². The predicted molar refractivity (Wildman–Crippen MR) is 55.3 cm³/mol. The van der Waals surface area contributed by atoms with Crippen molar-refractivity contribution in [1.82, 2.24) is 0 Å². The topological polar surface area (TPSA) is 66.6 Å². The van der Waals surface area contributed by atoms with Gasteiger partial charge in [-0.2, -0.15) is 0 Å². The highest BCUT2D eigenvalue weighted by Gasteiger charge is 2.20. The van der Waals surface area contributed by atoms with Gasteiger partial charge in [-0.1, -0.05) is 18.2 Å². The molecule has 1 unspecified atom stereocenters. The van der Waals surface area contributed by atoms with E-state index in [-0.39, 0.29) is 6.54 Å². The number of para-hydroxylation sites is 1. The summed E-state index contributed by atoms with van der Waals surface area (Å²) in [4.78, 5) is 12.5. The monoisotopic (exact) mass is 194 g/mol. The van der Waals surface area contributed by atoms with E-state index < -0.39 is 12.0 Å². The quantitative estimate of drug-likeness (QED) is 0.734. The molecular formula is C10H14N2O2. The number of nitrogens with two attached hydrogens (primary N) is 1. The third-order valence-corrected chi connectivity index (χ3v) is 2.14. The third kappa shape index (κ3) is 2.23. The molecule has 4 heteroatoms. The van der Waals surface area contributed by atoms with Gasteiger partial charge in [-0.3, -0.25) is 0 Å². The first-order valence-electron chi connectivity index (χ1n) is 4.37. The Labute approximate surface area is 82.9 Å². The number of hydrogen-bond donors (Lipinski definition) is 2.